The first-order chi connectivity index (χ1) is 17.4. The molecule has 0 radical (unpaired) electrons. The molecular formula is C29H25N3O3S. The Kier molecular flexibility index (Phi) is 7.47. The van der Waals surface area contributed by atoms with Crippen molar-refractivity contribution in [1.82, 2.24) is 4.57 Å². The first-order valence-corrected chi connectivity index (χ1v) is 12.3. The van der Waals surface area contributed by atoms with Gasteiger partial charge in [-0.05, 0) is 73.9 Å². The standard InChI is InChI=1S/C29H25N3O3S/c1-4-35-23-14-12-21(13-15-23)17-26-28(34)32(25-11-6-5-9-20(25)3)29(36-26)24(18-30)27(33)31-22-10-7-8-19(2)16-22/h5-17H,4H2,1-3H3,(H,31,33)/b26-17+,29-24-. The van der Waals surface area contributed by atoms with Gasteiger partial charge in [0.2, 0.25) is 0 Å². The summed E-state index contributed by atoms with van der Waals surface area (Å²) in [5.41, 5.74) is 3.41. The van der Waals surface area contributed by atoms with Crippen molar-refractivity contribution in [3.63, 3.8) is 0 Å². The molecule has 1 amide bonds. The van der Waals surface area contributed by atoms with Crippen molar-refractivity contribution in [1.29, 1.82) is 5.26 Å². The van der Waals surface area contributed by atoms with Crippen LogP contribution in [0.3, 0.4) is 0 Å². The van der Waals surface area contributed by atoms with Crippen LogP contribution in [0.4, 0.5) is 5.69 Å². The van der Waals surface area contributed by atoms with Crippen LogP contribution in [0.25, 0.3) is 17.3 Å². The lowest BCUT2D eigenvalue weighted by molar-refractivity contribution is -0.111. The molecule has 1 heterocycles. The molecule has 0 unspecified atom stereocenters. The minimum atomic E-state index is -0.570. The Labute approximate surface area is 213 Å². The highest BCUT2D eigenvalue weighted by Gasteiger charge is 2.18. The number of amides is 1. The van der Waals surface area contributed by atoms with Crippen molar-refractivity contribution < 1.29 is 9.53 Å². The summed E-state index contributed by atoms with van der Waals surface area (Å²) >= 11 is 1.12. The molecule has 0 bridgehead atoms. The number of nitriles is 1. The SMILES string of the molecule is CCOc1ccc(/C=c2/s/c(=C(/C#N)C(=O)Nc3cccc(C)c3)n(-c3ccccc3C)c2=O)cc1. The average molecular weight is 496 g/mol. The van der Waals surface area contributed by atoms with Gasteiger partial charge in [0.15, 0.2) is 5.57 Å². The second kappa shape index (κ2) is 10.9. The molecule has 180 valence electrons. The monoisotopic (exact) mass is 495 g/mol. The van der Waals surface area contributed by atoms with Crippen LogP contribution in [0.1, 0.15) is 23.6 Å². The summed E-state index contributed by atoms with van der Waals surface area (Å²) in [5, 5.41) is 12.8. The topological polar surface area (TPSA) is 84.1 Å². The lowest BCUT2D eigenvalue weighted by Crippen LogP contribution is -2.32. The number of thiazole rings is 1. The molecule has 36 heavy (non-hydrogen) atoms. The van der Waals surface area contributed by atoms with E-state index in [1.165, 1.54) is 4.57 Å². The number of anilines is 1. The lowest BCUT2D eigenvalue weighted by Gasteiger charge is -2.08. The van der Waals surface area contributed by atoms with E-state index in [0.717, 1.165) is 33.8 Å². The highest BCUT2D eigenvalue weighted by molar-refractivity contribution is 7.07. The molecule has 1 N–H and O–H groups in total. The Bertz CT molecular complexity index is 1640. The molecule has 0 saturated carbocycles. The first-order valence-electron chi connectivity index (χ1n) is 11.5. The number of nitrogens with one attached hydrogen (secondary N) is 1. The summed E-state index contributed by atoms with van der Waals surface area (Å²) < 4.78 is 7.64. The molecule has 4 aromatic rings. The summed E-state index contributed by atoms with van der Waals surface area (Å²) in [6, 6.07) is 24.2. The Balaban J connectivity index is 1.93. The van der Waals surface area contributed by atoms with E-state index in [2.05, 4.69) is 5.32 Å². The number of hydrogen-bond donors (Lipinski definition) is 1. The van der Waals surface area contributed by atoms with E-state index in [4.69, 9.17) is 4.74 Å². The Morgan fingerprint density at radius 2 is 1.83 bits per heavy atom. The lowest BCUT2D eigenvalue weighted by atomic mass is 10.2. The van der Waals surface area contributed by atoms with E-state index < -0.39 is 5.91 Å². The maximum Gasteiger partial charge on any atom is 0.273 e. The van der Waals surface area contributed by atoms with Crippen molar-refractivity contribution in [2.75, 3.05) is 11.9 Å². The first kappa shape index (κ1) is 24.7. The number of aryl methyl sites for hydroxylation is 2. The Hall–Kier alpha value is -4.41. The number of benzene rings is 3. The van der Waals surface area contributed by atoms with E-state index in [-0.39, 0.29) is 15.8 Å². The van der Waals surface area contributed by atoms with Gasteiger partial charge >= 0.3 is 0 Å². The fraction of sp³-hybridized carbons (Fsp3) is 0.138. The van der Waals surface area contributed by atoms with E-state index in [0.29, 0.717) is 22.5 Å². The third-order valence-electron chi connectivity index (χ3n) is 5.50. The van der Waals surface area contributed by atoms with Crippen molar-refractivity contribution in [2.45, 2.75) is 20.8 Å². The highest BCUT2D eigenvalue weighted by Crippen LogP contribution is 2.14. The molecule has 1 aromatic heterocycles. The number of rotatable bonds is 6. The molecule has 0 aliphatic carbocycles. The van der Waals surface area contributed by atoms with Gasteiger partial charge in [0.05, 0.1) is 16.8 Å². The van der Waals surface area contributed by atoms with Crippen LogP contribution in [0.5, 0.6) is 5.75 Å². The van der Waals surface area contributed by atoms with Crippen molar-refractivity contribution >= 4 is 34.6 Å². The normalized spacial score (nSPS) is 12.1. The molecule has 4 rings (SSSR count). The molecular weight excluding hydrogens is 470 g/mol. The van der Waals surface area contributed by atoms with Gasteiger partial charge in [0.1, 0.15) is 16.5 Å². The molecule has 0 atom stereocenters. The summed E-state index contributed by atoms with van der Waals surface area (Å²) in [5.74, 6) is 0.172. The Morgan fingerprint density at radius 1 is 1.08 bits per heavy atom. The van der Waals surface area contributed by atoms with Gasteiger partial charge < -0.3 is 10.1 Å². The van der Waals surface area contributed by atoms with Crippen molar-refractivity contribution in [3.8, 4) is 17.5 Å². The van der Waals surface area contributed by atoms with Crippen molar-refractivity contribution in [3.05, 3.63) is 109 Å². The number of hydrogen-bond acceptors (Lipinski definition) is 5. The van der Waals surface area contributed by atoms with Crippen LogP contribution in [0, 0.1) is 25.2 Å². The average Bonchev–Trinajstić information content (AvgIpc) is 3.16. The number of aromatic nitrogens is 1. The van der Waals surface area contributed by atoms with Gasteiger partial charge in [-0.3, -0.25) is 14.2 Å². The van der Waals surface area contributed by atoms with Gasteiger partial charge in [-0.1, -0.05) is 42.5 Å². The van der Waals surface area contributed by atoms with Gasteiger partial charge in [-0.2, -0.15) is 5.26 Å². The zero-order valence-corrected chi connectivity index (χ0v) is 21.1. The zero-order chi connectivity index (χ0) is 25.7. The van der Waals surface area contributed by atoms with Gasteiger partial charge in [-0.25, -0.2) is 0 Å². The van der Waals surface area contributed by atoms with Crippen LogP contribution in [0.2, 0.25) is 0 Å². The molecule has 0 aliphatic heterocycles. The summed E-state index contributed by atoms with van der Waals surface area (Å²) in [7, 11) is 0. The van der Waals surface area contributed by atoms with Crippen LogP contribution in [-0.4, -0.2) is 17.1 Å². The summed E-state index contributed by atoms with van der Waals surface area (Å²) in [4.78, 5) is 26.8. The molecule has 3 aromatic carbocycles. The Morgan fingerprint density at radius 3 is 2.50 bits per heavy atom. The molecule has 0 fully saturated rings. The second-order valence-electron chi connectivity index (χ2n) is 8.16. The quantitative estimate of drug-likeness (QED) is 0.437. The van der Waals surface area contributed by atoms with E-state index in [1.807, 2.05) is 87.5 Å². The van der Waals surface area contributed by atoms with Crippen LogP contribution in [-0.2, 0) is 4.79 Å². The molecule has 0 spiro atoms. The van der Waals surface area contributed by atoms with Crippen LogP contribution in [0.15, 0.2) is 77.6 Å². The van der Waals surface area contributed by atoms with Gasteiger partial charge in [-0.15, -0.1) is 11.3 Å². The number of carbonyl (C=O) groups is 1. The number of carbonyl (C=O) groups excluding carboxylic acids is 1. The number of nitrogens with zero attached hydrogens (tertiary/aromatic N) is 2. The number of ether oxygens (including phenoxy) is 1. The molecule has 7 heteroatoms. The molecule has 6 nitrogen and oxygen atoms in total. The van der Waals surface area contributed by atoms with E-state index in [1.54, 1.807) is 18.2 Å². The maximum absolute atomic E-state index is 13.6. The smallest absolute Gasteiger partial charge is 0.273 e. The number of para-hydroxylation sites is 1. The largest absolute Gasteiger partial charge is 0.494 e. The molecule has 0 saturated heterocycles. The van der Waals surface area contributed by atoms with Gasteiger partial charge in [0.25, 0.3) is 11.5 Å². The van der Waals surface area contributed by atoms with Crippen LogP contribution < -0.4 is 24.8 Å². The fourth-order valence-corrected chi connectivity index (χ4v) is 4.87. The van der Waals surface area contributed by atoms with Crippen molar-refractivity contribution in [2.24, 2.45) is 0 Å². The predicted octanol–water partition coefficient (Wildman–Crippen LogP) is 4.06. The summed E-state index contributed by atoms with van der Waals surface area (Å²) in [6.45, 7) is 6.29. The summed E-state index contributed by atoms with van der Waals surface area (Å²) in [6.07, 6.45) is 1.76. The minimum absolute atomic E-state index is 0.131. The van der Waals surface area contributed by atoms with E-state index in [9.17, 15) is 14.9 Å². The predicted molar refractivity (Wildman–Crippen MR) is 144 cm³/mol. The molecule has 0 aliphatic rings. The third-order valence-corrected chi connectivity index (χ3v) is 6.59. The maximum atomic E-state index is 13.6. The van der Waals surface area contributed by atoms with E-state index >= 15 is 0 Å². The second-order valence-corrected chi connectivity index (χ2v) is 9.19. The minimum Gasteiger partial charge on any atom is -0.494 e. The zero-order valence-electron chi connectivity index (χ0n) is 20.2. The fourth-order valence-electron chi connectivity index (χ4n) is 3.77. The van der Waals surface area contributed by atoms with Crippen LogP contribution >= 0.6 is 11.3 Å². The third kappa shape index (κ3) is 5.29. The van der Waals surface area contributed by atoms with Gasteiger partial charge in [0, 0.05) is 5.69 Å². The highest BCUT2D eigenvalue weighted by atomic mass is 32.1.